The number of aliphatic hydroxyl groups excluding tert-OH is 16. The number of rotatable bonds is 8. The summed E-state index contributed by atoms with van der Waals surface area (Å²) in [4.78, 5) is 0. The molecule has 1 unspecified atom stereocenters. The number of aliphatic hydroxyl groups is 16. The minimum atomic E-state index is -1.74. The molecule has 20 atom stereocenters. The van der Waals surface area contributed by atoms with Gasteiger partial charge in [-0.25, -0.2) is 0 Å². The van der Waals surface area contributed by atoms with Crippen LogP contribution in [0.5, 0.6) is 0 Å². The van der Waals surface area contributed by atoms with Gasteiger partial charge in [-0.2, -0.15) is 0 Å². The molecule has 0 saturated carbocycles. The summed E-state index contributed by atoms with van der Waals surface area (Å²) in [5.41, 5.74) is 0. The Hall–Kier alpha value is -0.880. The van der Waals surface area contributed by atoms with Crippen LogP contribution in [0.2, 0.25) is 0 Å². The second-order valence-corrected chi connectivity index (χ2v) is 11.1. The highest BCUT2D eigenvalue weighted by Crippen LogP contribution is 2.30. The lowest BCUT2D eigenvalue weighted by Crippen LogP contribution is -2.64. The summed E-state index contributed by atoms with van der Waals surface area (Å²) in [6, 6.07) is 0. The van der Waals surface area contributed by atoms with Crippen molar-refractivity contribution in [3.8, 4) is 0 Å². The Morgan fingerprint density at radius 1 is 0.326 bits per heavy atom. The highest BCUT2D eigenvalue weighted by molar-refractivity contribution is 4.95. The molecule has 0 radical (unpaired) electrons. The Kier molecular flexibility index (Phi) is 14.8. The van der Waals surface area contributed by atoms with Crippen molar-refractivity contribution in [1.29, 1.82) is 0 Å². The average Bonchev–Trinajstić information content (AvgIpc) is 3.05. The first kappa shape index (κ1) is 39.6. The van der Waals surface area contributed by atoms with Gasteiger partial charge in [0.1, 0.15) is 97.7 Å². The topological polar surface area (TPSA) is 379 Å². The lowest BCUT2D eigenvalue weighted by atomic mass is 9.97. The van der Waals surface area contributed by atoms with Crippen molar-refractivity contribution in [2.45, 2.75) is 123 Å². The Bertz CT molecular complexity index is 826. The van der Waals surface area contributed by atoms with E-state index >= 15 is 0 Å². The molecule has 4 heterocycles. The first-order valence-electron chi connectivity index (χ1n) is 14.2. The average molecular weight is 685 g/mol. The molecule has 0 aliphatic carbocycles. The third-order valence-corrected chi connectivity index (χ3v) is 7.96. The molecule has 22 nitrogen and oxygen atoms in total. The van der Waals surface area contributed by atoms with Crippen LogP contribution < -0.4 is 0 Å². The molecule has 4 rings (SSSR count). The fourth-order valence-corrected chi connectivity index (χ4v) is 5.14. The summed E-state index contributed by atoms with van der Waals surface area (Å²) < 4.78 is 30.5. The van der Waals surface area contributed by atoms with E-state index in [0.717, 1.165) is 0 Å². The van der Waals surface area contributed by atoms with Crippen molar-refractivity contribution in [2.75, 3.05) is 26.4 Å². The Balaban J connectivity index is 0.000000250. The van der Waals surface area contributed by atoms with Crippen molar-refractivity contribution in [1.82, 2.24) is 0 Å². The van der Waals surface area contributed by atoms with E-state index in [1.807, 2.05) is 0 Å². The van der Waals surface area contributed by atoms with Crippen LogP contribution in [0.3, 0.4) is 0 Å². The van der Waals surface area contributed by atoms with E-state index in [-0.39, 0.29) is 0 Å². The molecule has 0 aromatic carbocycles. The second kappa shape index (κ2) is 17.2. The van der Waals surface area contributed by atoms with Gasteiger partial charge in [0.15, 0.2) is 25.2 Å². The third kappa shape index (κ3) is 8.45. The van der Waals surface area contributed by atoms with Crippen LogP contribution >= 0.6 is 0 Å². The lowest BCUT2D eigenvalue weighted by molar-refractivity contribution is -0.355. The highest BCUT2D eigenvalue weighted by Gasteiger charge is 2.51. The fourth-order valence-electron chi connectivity index (χ4n) is 5.14. The van der Waals surface area contributed by atoms with E-state index in [0.29, 0.717) is 0 Å². The molecule has 0 spiro atoms. The molecule has 4 fully saturated rings. The van der Waals surface area contributed by atoms with Gasteiger partial charge in [-0.1, -0.05) is 0 Å². The molecule has 4 aliphatic heterocycles. The molecule has 4 aliphatic rings. The molecule has 46 heavy (non-hydrogen) atoms. The molecule has 16 N–H and O–H groups in total. The van der Waals surface area contributed by atoms with Gasteiger partial charge in [0.05, 0.1) is 26.4 Å². The minimum absolute atomic E-state index is 0.667. The SMILES string of the molecule is OC[C@H]1O[C@@H](O[C@H]2[C@H](O)[C@@H](O)C(O)O[C@@H]2CO)[C@H](O)[C@@H](O)[C@H]1O.OC[C@H]1O[C@@H](O[C@H]2[C@H](O)[C@@H](O)[C@H](O)O[C@@H]2CO)[C@H](O)[C@@H](O)[C@H]1O. The van der Waals surface area contributed by atoms with E-state index < -0.39 is 149 Å². The van der Waals surface area contributed by atoms with E-state index in [9.17, 15) is 71.5 Å². The summed E-state index contributed by atoms with van der Waals surface area (Å²) >= 11 is 0. The number of ether oxygens (including phenoxy) is 6. The van der Waals surface area contributed by atoms with Crippen molar-refractivity contribution >= 4 is 0 Å². The monoisotopic (exact) mass is 684 g/mol. The molecule has 272 valence electrons. The maximum absolute atomic E-state index is 9.94. The van der Waals surface area contributed by atoms with Gasteiger partial charge in [0.2, 0.25) is 0 Å². The second-order valence-electron chi connectivity index (χ2n) is 11.1. The molecular weight excluding hydrogens is 640 g/mol. The lowest BCUT2D eigenvalue weighted by Gasteiger charge is -2.45. The van der Waals surface area contributed by atoms with Crippen molar-refractivity contribution < 1.29 is 110 Å². The maximum Gasteiger partial charge on any atom is 0.187 e. The van der Waals surface area contributed by atoms with Gasteiger partial charge >= 0.3 is 0 Å². The van der Waals surface area contributed by atoms with Gasteiger partial charge in [0.25, 0.3) is 0 Å². The van der Waals surface area contributed by atoms with Crippen LogP contribution in [0.1, 0.15) is 0 Å². The first-order chi connectivity index (χ1) is 21.6. The summed E-state index contributed by atoms with van der Waals surface area (Å²) in [6.45, 7) is -2.69. The zero-order valence-corrected chi connectivity index (χ0v) is 24.0. The largest absolute Gasteiger partial charge is 0.394 e. The zero-order chi connectivity index (χ0) is 34.6. The number of hydrogen-bond acceptors (Lipinski definition) is 22. The standard InChI is InChI=1S/2C12H22O11/c2*13-1-3-5(15)6(16)9(19)12(22-3)23-10-4(2-14)21-11(20)8(18)7(10)17/h2*3-20H,1-2H2/t3-,4-,5+,6+,7-,8-,9-,10-,11?,12+;3-,4-,5+,6+,7-,8-,9-,10-,11-,12+/m11/s1. The maximum atomic E-state index is 9.94. The van der Waals surface area contributed by atoms with Crippen molar-refractivity contribution in [3.63, 3.8) is 0 Å². The highest BCUT2D eigenvalue weighted by atomic mass is 16.7. The molecule has 22 heteroatoms. The Morgan fingerprint density at radius 3 is 0.913 bits per heavy atom. The van der Waals surface area contributed by atoms with Crippen molar-refractivity contribution in [2.24, 2.45) is 0 Å². The van der Waals surface area contributed by atoms with E-state index in [1.165, 1.54) is 0 Å². The Labute approximate surface area is 260 Å². The normalized spacial score (nSPS) is 51.7. The van der Waals surface area contributed by atoms with Crippen LogP contribution in [-0.2, 0) is 28.4 Å². The predicted octanol–water partition coefficient (Wildman–Crippen LogP) is -10.8. The number of hydrogen-bond donors (Lipinski definition) is 16. The molecule has 0 bridgehead atoms. The van der Waals surface area contributed by atoms with Gasteiger partial charge < -0.3 is 110 Å². The molecular formula is C24H44O22. The molecule has 0 aromatic heterocycles. The van der Waals surface area contributed by atoms with E-state index in [2.05, 4.69) is 0 Å². The van der Waals surface area contributed by atoms with Crippen LogP contribution in [0.15, 0.2) is 0 Å². The zero-order valence-electron chi connectivity index (χ0n) is 24.0. The molecule has 0 aromatic rings. The first-order valence-corrected chi connectivity index (χ1v) is 14.2. The summed E-state index contributed by atoms with van der Waals surface area (Å²) in [5.74, 6) is 0. The van der Waals surface area contributed by atoms with Gasteiger partial charge in [-0.15, -0.1) is 0 Å². The Morgan fingerprint density at radius 2 is 0.630 bits per heavy atom. The van der Waals surface area contributed by atoms with Crippen LogP contribution in [-0.4, -0.2) is 231 Å². The predicted molar refractivity (Wildman–Crippen MR) is 137 cm³/mol. The smallest absolute Gasteiger partial charge is 0.187 e. The molecule has 0 amide bonds. The van der Waals surface area contributed by atoms with E-state index in [1.54, 1.807) is 0 Å². The fraction of sp³-hybridized carbons (Fsp3) is 1.00. The van der Waals surface area contributed by atoms with Crippen LogP contribution in [0.25, 0.3) is 0 Å². The quantitative estimate of drug-likeness (QED) is 0.113. The van der Waals surface area contributed by atoms with Gasteiger partial charge in [0, 0.05) is 0 Å². The molecule has 4 saturated heterocycles. The van der Waals surface area contributed by atoms with Gasteiger partial charge in [-0.05, 0) is 0 Å². The summed E-state index contributed by atoms with van der Waals surface area (Å²) in [5, 5.41) is 153. The van der Waals surface area contributed by atoms with Crippen LogP contribution in [0.4, 0.5) is 0 Å². The van der Waals surface area contributed by atoms with Crippen LogP contribution in [0, 0.1) is 0 Å². The summed E-state index contributed by atoms with van der Waals surface area (Å²) in [7, 11) is 0. The summed E-state index contributed by atoms with van der Waals surface area (Å²) in [6.07, 6.45) is -31.1. The van der Waals surface area contributed by atoms with Gasteiger partial charge in [-0.3, -0.25) is 0 Å². The minimum Gasteiger partial charge on any atom is -0.394 e. The van der Waals surface area contributed by atoms with Crippen molar-refractivity contribution in [3.05, 3.63) is 0 Å². The third-order valence-electron chi connectivity index (χ3n) is 7.96. The van der Waals surface area contributed by atoms with E-state index in [4.69, 9.17) is 38.6 Å².